The summed E-state index contributed by atoms with van der Waals surface area (Å²) in [6.45, 7) is 8.08. The van der Waals surface area contributed by atoms with Gasteiger partial charge in [-0.2, -0.15) is 0 Å². The third-order valence-corrected chi connectivity index (χ3v) is 4.25. The first-order valence-electron chi connectivity index (χ1n) is 7.36. The molecule has 1 fully saturated rings. The van der Waals surface area contributed by atoms with E-state index in [-0.39, 0.29) is 17.6 Å². The molecule has 1 aromatic carbocycles. The van der Waals surface area contributed by atoms with E-state index in [4.69, 9.17) is 11.6 Å². The molecular formula is C16H22ClFN2O. The highest BCUT2D eigenvalue weighted by molar-refractivity contribution is 6.30. The summed E-state index contributed by atoms with van der Waals surface area (Å²) in [7, 11) is 0. The van der Waals surface area contributed by atoms with Crippen molar-refractivity contribution in [3.8, 4) is 0 Å². The number of halogens is 2. The van der Waals surface area contributed by atoms with E-state index in [1.807, 2.05) is 6.92 Å². The molecule has 1 aliphatic rings. The van der Waals surface area contributed by atoms with Crippen molar-refractivity contribution in [2.24, 2.45) is 11.8 Å². The van der Waals surface area contributed by atoms with E-state index in [1.165, 1.54) is 18.6 Å². The van der Waals surface area contributed by atoms with Gasteiger partial charge in [-0.25, -0.2) is 4.39 Å². The number of carbonyl (C=O) groups excluding carboxylic acids is 1. The first-order valence-corrected chi connectivity index (χ1v) is 7.74. The molecule has 5 heteroatoms. The lowest BCUT2D eigenvalue weighted by molar-refractivity contribution is -0.121. The normalized spacial score (nSPS) is 24.6. The summed E-state index contributed by atoms with van der Waals surface area (Å²) in [6.07, 6.45) is 1.19. The van der Waals surface area contributed by atoms with Crippen LogP contribution in [0.4, 0.5) is 10.1 Å². The van der Waals surface area contributed by atoms with Crippen LogP contribution in [0.5, 0.6) is 0 Å². The topological polar surface area (TPSA) is 32.3 Å². The number of hydrogen-bond acceptors (Lipinski definition) is 2. The number of anilines is 1. The number of nitrogens with one attached hydrogen (secondary N) is 1. The van der Waals surface area contributed by atoms with Crippen molar-refractivity contribution in [3.63, 3.8) is 0 Å². The van der Waals surface area contributed by atoms with Gasteiger partial charge in [-0.15, -0.1) is 0 Å². The van der Waals surface area contributed by atoms with Crippen molar-refractivity contribution >= 4 is 23.2 Å². The maximum atomic E-state index is 13.7. The molecule has 0 aromatic heterocycles. The van der Waals surface area contributed by atoms with Crippen molar-refractivity contribution in [3.05, 3.63) is 29.0 Å². The highest BCUT2D eigenvalue weighted by atomic mass is 35.5. The lowest BCUT2D eigenvalue weighted by atomic mass is 9.91. The molecule has 0 radical (unpaired) electrons. The van der Waals surface area contributed by atoms with Crippen LogP contribution in [-0.2, 0) is 4.79 Å². The van der Waals surface area contributed by atoms with Crippen LogP contribution in [0.15, 0.2) is 18.2 Å². The molecule has 1 amide bonds. The Labute approximate surface area is 130 Å². The fourth-order valence-corrected chi connectivity index (χ4v) is 3.18. The molecule has 0 unspecified atom stereocenters. The molecule has 1 aliphatic heterocycles. The van der Waals surface area contributed by atoms with Gasteiger partial charge in [0.15, 0.2) is 0 Å². The molecule has 0 saturated carbocycles. The van der Waals surface area contributed by atoms with Crippen molar-refractivity contribution in [1.82, 2.24) is 4.90 Å². The average molecular weight is 313 g/mol. The van der Waals surface area contributed by atoms with Gasteiger partial charge >= 0.3 is 0 Å². The SMILES string of the molecule is C[C@@H]1C[C@H](C)CN([C@@H](C)C(=O)Nc2ccc(Cl)cc2F)C1. The monoisotopic (exact) mass is 312 g/mol. The molecular weight excluding hydrogens is 291 g/mol. The molecule has 1 heterocycles. The average Bonchev–Trinajstić information content (AvgIpc) is 2.40. The third kappa shape index (κ3) is 4.17. The summed E-state index contributed by atoms with van der Waals surface area (Å²) in [5.41, 5.74) is 0.175. The summed E-state index contributed by atoms with van der Waals surface area (Å²) < 4.78 is 13.7. The van der Waals surface area contributed by atoms with Crippen molar-refractivity contribution < 1.29 is 9.18 Å². The second-order valence-electron chi connectivity index (χ2n) is 6.19. The Morgan fingerprint density at radius 2 is 2.00 bits per heavy atom. The maximum Gasteiger partial charge on any atom is 0.241 e. The molecule has 3 atom stereocenters. The Kier molecular flexibility index (Phi) is 5.22. The minimum Gasteiger partial charge on any atom is -0.322 e. The molecule has 2 rings (SSSR count). The number of nitrogens with zero attached hydrogens (tertiary/aromatic N) is 1. The Morgan fingerprint density at radius 3 is 2.57 bits per heavy atom. The van der Waals surface area contributed by atoms with E-state index in [0.717, 1.165) is 13.1 Å². The van der Waals surface area contributed by atoms with Crippen LogP contribution < -0.4 is 5.32 Å². The van der Waals surface area contributed by atoms with Gasteiger partial charge in [0, 0.05) is 18.1 Å². The fraction of sp³-hybridized carbons (Fsp3) is 0.562. The second kappa shape index (κ2) is 6.75. The highest BCUT2D eigenvalue weighted by Crippen LogP contribution is 2.24. The van der Waals surface area contributed by atoms with Crippen LogP contribution in [0.2, 0.25) is 5.02 Å². The van der Waals surface area contributed by atoms with Crippen LogP contribution >= 0.6 is 11.6 Å². The van der Waals surface area contributed by atoms with Crippen LogP contribution in [0.1, 0.15) is 27.2 Å². The van der Waals surface area contributed by atoms with E-state index >= 15 is 0 Å². The maximum absolute atomic E-state index is 13.7. The van der Waals surface area contributed by atoms with Crippen molar-refractivity contribution in [1.29, 1.82) is 0 Å². The molecule has 0 spiro atoms. The van der Waals surface area contributed by atoms with Crippen LogP contribution in [-0.4, -0.2) is 29.9 Å². The molecule has 1 saturated heterocycles. The summed E-state index contributed by atoms with van der Waals surface area (Å²) in [5.74, 6) is 0.466. The molecule has 0 aliphatic carbocycles. The van der Waals surface area contributed by atoms with E-state index < -0.39 is 5.82 Å². The van der Waals surface area contributed by atoms with E-state index in [1.54, 1.807) is 6.07 Å². The summed E-state index contributed by atoms with van der Waals surface area (Å²) in [5, 5.41) is 2.97. The van der Waals surface area contributed by atoms with Crippen molar-refractivity contribution in [2.45, 2.75) is 33.2 Å². The van der Waals surface area contributed by atoms with Gasteiger partial charge in [0.2, 0.25) is 5.91 Å². The molecule has 21 heavy (non-hydrogen) atoms. The fourth-order valence-electron chi connectivity index (χ4n) is 3.02. The number of carbonyl (C=O) groups is 1. The number of amides is 1. The minimum atomic E-state index is -0.511. The Bertz CT molecular complexity index is 513. The van der Waals surface area contributed by atoms with Gasteiger partial charge < -0.3 is 5.32 Å². The number of rotatable bonds is 3. The van der Waals surface area contributed by atoms with Crippen LogP contribution in [0, 0.1) is 17.7 Å². The van der Waals surface area contributed by atoms with E-state index in [2.05, 4.69) is 24.1 Å². The van der Waals surface area contributed by atoms with E-state index in [0.29, 0.717) is 16.9 Å². The highest BCUT2D eigenvalue weighted by Gasteiger charge is 2.29. The van der Waals surface area contributed by atoms with Crippen LogP contribution in [0.3, 0.4) is 0 Å². The van der Waals surface area contributed by atoms with Gasteiger partial charge in [0.05, 0.1) is 11.7 Å². The predicted molar refractivity (Wildman–Crippen MR) is 84.0 cm³/mol. The number of piperidine rings is 1. The van der Waals surface area contributed by atoms with Gasteiger partial charge in [0.25, 0.3) is 0 Å². The minimum absolute atomic E-state index is 0.175. The summed E-state index contributed by atoms with van der Waals surface area (Å²) in [4.78, 5) is 14.5. The molecule has 1 aromatic rings. The number of hydrogen-bond donors (Lipinski definition) is 1. The molecule has 116 valence electrons. The standard InChI is InChI=1S/C16H22ClFN2O/c1-10-6-11(2)9-20(8-10)12(3)16(21)19-15-5-4-13(17)7-14(15)18/h4-5,7,10-12H,6,8-9H2,1-3H3,(H,19,21)/t10-,11+,12-/m0/s1. The summed E-state index contributed by atoms with van der Waals surface area (Å²) >= 11 is 5.71. The Morgan fingerprint density at radius 1 is 1.38 bits per heavy atom. The van der Waals surface area contributed by atoms with Gasteiger partial charge in [0.1, 0.15) is 5.82 Å². The van der Waals surface area contributed by atoms with Crippen molar-refractivity contribution in [2.75, 3.05) is 18.4 Å². The van der Waals surface area contributed by atoms with Gasteiger partial charge in [-0.1, -0.05) is 25.4 Å². The molecule has 1 N–H and O–H groups in total. The predicted octanol–water partition coefficient (Wildman–Crippen LogP) is 3.78. The van der Waals surface area contributed by atoms with Crippen LogP contribution in [0.25, 0.3) is 0 Å². The third-order valence-electron chi connectivity index (χ3n) is 4.01. The molecule has 3 nitrogen and oxygen atoms in total. The summed E-state index contributed by atoms with van der Waals surface area (Å²) in [6, 6.07) is 3.98. The lowest BCUT2D eigenvalue weighted by Gasteiger charge is -2.38. The van der Waals surface area contributed by atoms with E-state index in [9.17, 15) is 9.18 Å². The Hall–Kier alpha value is -1.13. The first kappa shape index (κ1) is 16.2. The van der Waals surface area contributed by atoms with Gasteiger partial charge in [-0.05, 0) is 43.4 Å². The second-order valence-corrected chi connectivity index (χ2v) is 6.63. The quantitative estimate of drug-likeness (QED) is 0.921. The zero-order valence-corrected chi connectivity index (χ0v) is 13.5. The smallest absolute Gasteiger partial charge is 0.241 e. The largest absolute Gasteiger partial charge is 0.322 e. The lowest BCUT2D eigenvalue weighted by Crippen LogP contribution is -2.48. The molecule has 0 bridgehead atoms. The zero-order chi connectivity index (χ0) is 15.6. The Balaban J connectivity index is 2.02. The first-order chi connectivity index (χ1) is 9.86. The number of benzene rings is 1. The zero-order valence-electron chi connectivity index (χ0n) is 12.7. The number of likely N-dealkylation sites (tertiary alicyclic amines) is 1. The van der Waals surface area contributed by atoms with Gasteiger partial charge in [-0.3, -0.25) is 9.69 Å².